The summed E-state index contributed by atoms with van der Waals surface area (Å²) in [6.07, 6.45) is 2.27. The largest absolute Gasteiger partial charge is 0.344 e. The van der Waals surface area contributed by atoms with E-state index >= 15 is 0 Å². The van der Waals surface area contributed by atoms with Gasteiger partial charge in [-0.2, -0.15) is 5.10 Å². The van der Waals surface area contributed by atoms with Crippen molar-refractivity contribution in [2.45, 2.75) is 30.7 Å². The van der Waals surface area contributed by atoms with Gasteiger partial charge < -0.3 is 0 Å². The first-order valence-electron chi connectivity index (χ1n) is 7.69. The Hall–Kier alpha value is -2.70. The maximum absolute atomic E-state index is 13.1. The molecular weight excluding hydrogens is 296 g/mol. The van der Waals surface area contributed by atoms with Gasteiger partial charge in [0.2, 0.25) is 5.91 Å². The van der Waals surface area contributed by atoms with Crippen LogP contribution in [-0.4, -0.2) is 38.5 Å². The van der Waals surface area contributed by atoms with Gasteiger partial charge in [0.1, 0.15) is 11.5 Å². The number of hydrogen-bond acceptors (Lipinski definition) is 4. The lowest BCUT2D eigenvalue weighted by atomic mass is 9.63. The van der Waals surface area contributed by atoms with E-state index in [1.165, 1.54) is 16.5 Å². The van der Waals surface area contributed by atoms with Gasteiger partial charge in [-0.3, -0.25) is 19.1 Å². The number of nitrogens with zero attached hydrogens (tertiary/aromatic N) is 3. The predicted molar refractivity (Wildman–Crippen MR) is 79.7 cm³/mol. The minimum Gasteiger partial charge on any atom is -0.283 e. The van der Waals surface area contributed by atoms with Crippen LogP contribution in [0, 0.1) is 0 Å². The number of carbonyl (C=O) groups is 2. The third-order valence-corrected chi connectivity index (χ3v) is 5.54. The van der Waals surface area contributed by atoms with Crippen LogP contribution in [0.15, 0.2) is 23.0 Å². The average molecular weight is 310 g/mol. The van der Waals surface area contributed by atoms with E-state index < -0.39 is 17.1 Å². The highest BCUT2D eigenvalue weighted by atomic mass is 16.2. The molecule has 1 N–H and O–H groups in total. The molecule has 0 radical (unpaired) electrons. The van der Waals surface area contributed by atoms with Crippen molar-refractivity contribution in [3.63, 3.8) is 0 Å². The Morgan fingerprint density at radius 2 is 2.13 bits per heavy atom. The van der Waals surface area contributed by atoms with Gasteiger partial charge in [0.15, 0.2) is 5.82 Å². The molecule has 3 aliphatic rings. The molecule has 1 spiro atoms. The summed E-state index contributed by atoms with van der Waals surface area (Å²) in [7, 11) is 1.50. The van der Waals surface area contributed by atoms with Crippen LogP contribution in [0.25, 0.3) is 11.4 Å². The van der Waals surface area contributed by atoms with Crippen LogP contribution in [0.4, 0.5) is 0 Å². The fraction of sp³-hybridized carbons (Fsp3) is 0.375. The van der Waals surface area contributed by atoms with Crippen LogP contribution >= 0.6 is 0 Å². The van der Waals surface area contributed by atoms with E-state index in [2.05, 4.69) is 10.2 Å². The number of nitrogens with one attached hydrogen (secondary N) is 1. The number of likely N-dealkylation sites (tertiary alicyclic amines) is 1. The van der Waals surface area contributed by atoms with E-state index in [0.717, 1.165) is 29.5 Å². The lowest BCUT2D eigenvalue weighted by molar-refractivity contribution is -0.138. The number of H-pyrrole nitrogens is 1. The van der Waals surface area contributed by atoms with Crippen LogP contribution in [0.2, 0.25) is 0 Å². The molecule has 1 saturated heterocycles. The summed E-state index contributed by atoms with van der Waals surface area (Å²) in [4.78, 5) is 39.3. The summed E-state index contributed by atoms with van der Waals surface area (Å²) < 4.78 is 1.38. The highest BCUT2D eigenvalue weighted by Crippen LogP contribution is 2.56. The lowest BCUT2D eigenvalue weighted by Gasteiger charge is -2.41. The van der Waals surface area contributed by atoms with E-state index in [1.54, 1.807) is 0 Å². The molecule has 1 aromatic carbocycles. The van der Waals surface area contributed by atoms with Gasteiger partial charge in [0, 0.05) is 12.6 Å². The second-order valence-electron chi connectivity index (χ2n) is 6.49. The van der Waals surface area contributed by atoms with Crippen molar-refractivity contribution in [3.05, 3.63) is 39.8 Å². The molecule has 116 valence electrons. The number of rotatable bonds is 0. The Labute approximate surface area is 130 Å². The fourth-order valence-electron chi connectivity index (χ4n) is 4.67. The number of amides is 2. The number of benzene rings is 1. The molecule has 2 aromatic rings. The molecule has 0 saturated carbocycles. The third kappa shape index (κ3) is 1.20. The fourth-order valence-corrected chi connectivity index (χ4v) is 4.67. The molecule has 23 heavy (non-hydrogen) atoms. The molecule has 0 bridgehead atoms. The first kappa shape index (κ1) is 12.8. The SMILES string of the molecule is CN1C(=O)C2n3c(n[nH]c3=O)-c3cccc4c3C2(CCC4)C1=O. The first-order chi connectivity index (χ1) is 11.1. The van der Waals surface area contributed by atoms with Crippen molar-refractivity contribution >= 4 is 11.8 Å². The number of aromatic nitrogens is 3. The molecule has 1 aromatic heterocycles. The Morgan fingerprint density at radius 1 is 1.30 bits per heavy atom. The normalized spacial score (nSPS) is 27.7. The first-order valence-corrected chi connectivity index (χ1v) is 7.69. The third-order valence-electron chi connectivity index (χ3n) is 5.54. The van der Waals surface area contributed by atoms with Crippen molar-refractivity contribution in [3.8, 4) is 11.4 Å². The Balaban J connectivity index is 2.00. The van der Waals surface area contributed by atoms with E-state index in [1.807, 2.05) is 18.2 Å². The Morgan fingerprint density at radius 3 is 2.96 bits per heavy atom. The van der Waals surface area contributed by atoms with Gasteiger partial charge in [-0.1, -0.05) is 18.2 Å². The molecule has 2 amide bonds. The summed E-state index contributed by atoms with van der Waals surface area (Å²) in [6.45, 7) is 0. The summed E-state index contributed by atoms with van der Waals surface area (Å²) in [5.41, 5.74) is 1.36. The van der Waals surface area contributed by atoms with Crippen molar-refractivity contribution in [1.29, 1.82) is 0 Å². The second kappa shape index (κ2) is 3.79. The molecular formula is C16H14N4O3. The van der Waals surface area contributed by atoms with Gasteiger partial charge in [-0.05, 0) is 30.4 Å². The van der Waals surface area contributed by atoms with Crippen LogP contribution in [0.3, 0.4) is 0 Å². The van der Waals surface area contributed by atoms with Crippen molar-refractivity contribution < 1.29 is 9.59 Å². The standard InChI is InChI=1S/C16H14N4O3/c1-19-13(21)11-16(14(19)22)7-3-5-8-4-2-6-9(10(8)16)12-17-18-15(23)20(11)12/h2,4,6,11H,3,5,7H2,1H3,(H,18,23). The minimum atomic E-state index is -0.962. The minimum absolute atomic E-state index is 0.209. The van der Waals surface area contributed by atoms with Crippen LogP contribution in [-0.2, 0) is 21.4 Å². The number of carbonyl (C=O) groups excluding carboxylic acids is 2. The number of aromatic amines is 1. The zero-order valence-electron chi connectivity index (χ0n) is 12.5. The molecule has 1 fully saturated rings. The number of aryl methyl sites for hydroxylation is 1. The molecule has 2 unspecified atom stereocenters. The van der Waals surface area contributed by atoms with E-state index in [9.17, 15) is 14.4 Å². The zero-order chi connectivity index (χ0) is 15.9. The maximum Gasteiger partial charge on any atom is 0.344 e. The number of fused-ring (bicyclic) bond motifs is 3. The van der Waals surface area contributed by atoms with E-state index in [4.69, 9.17) is 0 Å². The van der Waals surface area contributed by atoms with Gasteiger partial charge >= 0.3 is 5.69 Å². The molecule has 1 aliphatic carbocycles. The highest BCUT2D eigenvalue weighted by Gasteiger charge is 2.64. The summed E-state index contributed by atoms with van der Waals surface area (Å²) in [6, 6.07) is 4.98. The lowest BCUT2D eigenvalue weighted by Crippen LogP contribution is -2.48. The van der Waals surface area contributed by atoms with Gasteiger partial charge in [-0.25, -0.2) is 9.89 Å². The topological polar surface area (TPSA) is 88.1 Å². The van der Waals surface area contributed by atoms with Crippen molar-refractivity contribution in [1.82, 2.24) is 19.7 Å². The second-order valence-corrected chi connectivity index (χ2v) is 6.49. The summed E-state index contributed by atoms with van der Waals surface area (Å²) >= 11 is 0. The Bertz CT molecular complexity index is 956. The molecule has 2 aliphatic heterocycles. The molecule has 7 heteroatoms. The summed E-state index contributed by atoms with van der Waals surface area (Å²) in [5, 5.41) is 6.56. The zero-order valence-corrected chi connectivity index (χ0v) is 12.5. The van der Waals surface area contributed by atoms with Gasteiger partial charge in [0.05, 0.1) is 0 Å². The average Bonchev–Trinajstić information content (AvgIpc) is 3.02. The van der Waals surface area contributed by atoms with Crippen molar-refractivity contribution in [2.24, 2.45) is 0 Å². The van der Waals surface area contributed by atoms with Crippen LogP contribution < -0.4 is 5.69 Å². The van der Waals surface area contributed by atoms with Crippen molar-refractivity contribution in [2.75, 3.05) is 7.05 Å². The van der Waals surface area contributed by atoms with Gasteiger partial charge in [0.25, 0.3) is 5.91 Å². The Kier molecular flexibility index (Phi) is 2.11. The molecule has 2 atom stereocenters. The highest BCUT2D eigenvalue weighted by molar-refractivity contribution is 6.13. The monoisotopic (exact) mass is 310 g/mol. The molecule has 5 rings (SSSR count). The van der Waals surface area contributed by atoms with Crippen LogP contribution in [0.1, 0.15) is 30.0 Å². The van der Waals surface area contributed by atoms with E-state index in [0.29, 0.717) is 12.2 Å². The molecule has 7 nitrogen and oxygen atoms in total. The number of likely N-dealkylation sites (N-methyl/N-ethyl adjacent to an activating group) is 1. The van der Waals surface area contributed by atoms with Crippen LogP contribution in [0.5, 0.6) is 0 Å². The number of hydrogen-bond donors (Lipinski definition) is 1. The quantitative estimate of drug-likeness (QED) is 0.712. The maximum atomic E-state index is 13.1. The summed E-state index contributed by atoms with van der Waals surface area (Å²) in [5.74, 6) is -0.0902. The molecule has 3 heterocycles. The predicted octanol–water partition coefficient (Wildman–Crippen LogP) is 0.366. The number of imide groups is 1. The van der Waals surface area contributed by atoms with E-state index in [-0.39, 0.29) is 11.8 Å². The van der Waals surface area contributed by atoms with Gasteiger partial charge in [-0.15, -0.1) is 0 Å². The smallest absolute Gasteiger partial charge is 0.283 e.